The molecule has 0 radical (unpaired) electrons. The van der Waals surface area contributed by atoms with Gasteiger partial charge >= 0.3 is 0 Å². The minimum atomic E-state index is 0.112. The Balaban J connectivity index is 1.55. The van der Waals surface area contributed by atoms with Gasteiger partial charge in [-0.15, -0.1) is 0 Å². The number of carbonyl (C=O) groups is 1. The molecule has 1 aliphatic rings. The van der Waals surface area contributed by atoms with E-state index in [0.717, 1.165) is 49.3 Å². The van der Waals surface area contributed by atoms with Gasteiger partial charge in [-0.3, -0.25) is 4.79 Å². The van der Waals surface area contributed by atoms with E-state index < -0.39 is 0 Å². The summed E-state index contributed by atoms with van der Waals surface area (Å²) in [7, 11) is 0. The first-order valence-corrected chi connectivity index (χ1v) is 10.0. The molecule has 2 aromatic carbocycles. The first-order valence-electron chi connectivity index (χ1n) is 9.64. The summed E-state index contributed by atoms with van der Waals surface area (Å²) in [6.07, 6.45) is 3.33. The molecule has 5 heteroatoms. The number of hydrogen-bond acceptors (Lipinski definition) is 2. The normalized spacial score (nSPS) is 14.7. The minimum Gasteiger partial charge on any atom is -0.339 e. The van der Waals surface area contributed by atoms with Gasteiger partial charge < -0.3 is 15.5 Å². The maximum absolute atomic E-state index is 12.4. The zero-order valence-corrected chi connectivity index (χ0v) is 16.8. The van der Waals surface area contributed by atoms with Gasteiger partial charge in [-0.2, -0.15) is 0 Å². The molecule has 2 N–H and O–H groups in total. The summed E-state index contributed by atoms with van der Waals surface area (Å²) in [5.41, 5.74) is 3.88. The van der Waals surface area contributed by atoms with Crippen LogP contribution in [0.3, 0.4) is 0 Å². The van der Waals surface area contributed by atoms with E-state index in [9.17, 15) is 4.79 Å². The summed E-state index contributed by atoms with van der Waals surface area (Å²) in [4.78, 5) is 14.3. The molecule has 2 aromatic rings. The summed E-state index contributed by atoms with van der Waals surface area (Å²) >= 11 is 5.40. The Bertz CT molecular complexity index is 780. The molecule has 1 atom stereocenters. The lowest BCUT2D eigenvalue weighted by Crippen LogP contribution is -2.27. The number of hydrogen-bond donors (Lipinski definition) is 2. The number of likely N-dealkylation sites (tertiary alicyclic amines) is 1. The van der Waals surface area contributed by atoms with Crippen molar-refractivity contribution < 1.29 is 4.79 Å². The van der Waals surface area contributed by atoms with E-state index in [4.69, 9.17) is 12.2 Å². The molecule has 1 fully saturated rings. The van der Waals surface area contributed by atoms with Gasteiger partial charge in [0.05, 0.1) is 0 Å². The number of amides is 1. The Morgan fingerprint density at radius 1 is 1.00 bits per heavy atom. The molecule has 0 bridgehead atoms. The van der Waals surface area contributed by atoms with Crippen molar-refractivity contribution in [3.05, 3.63) is 59.7 Å². The van der Waals surface area contributed by atoms with Crippen molar-refractivity contribution in [1.82, 2.24) is 4.90 Å². The Morgan fingerprint density at radius 2 is 1.52 bits per heavy atom. The van der Waals surface area contributed by atoms with Crippen molar-refractivity contribution in [3.8, 4) is 0 Å². The molecule has 4 nitrogen and oxygen atoms in total. The average molecular weight is 382 g/mol. The molecule has 1 amide bonds. The third kappa shape index (κ3) is 5.07. The Labute approximate surface area is 167 Å². The largest absolute Gasteiger partial charge is 0.339 e. The van der Waals surface area contributed by atoms with Crippen LogP contribution in [-0.2, 0) is 0 Å². The van der Waals surface area contributed by atoms with Crippen LogP contribution >= 0.6 is 12.2 Å². The van der Waals surface area contributed by atoms with Gasteiger partial charge in [-0.25, -0.2) is 0 Å². The zero-order chi connectivity index (χ0) is 19.2. The van der Waals surface area contributed by atoms with Crippen LogP contribution < -0.4 is 10.6 Å². The summed E-state index contributed by atoms with van der Waals surface area (Å²) in [5.74, 6) is 0.673. The lowest BCUT2D eigenvalue weighted by Gasteiger charge is -2.16. The number of thiocarbonyl (C=S) groups is 1. The first kappa shape index (κ1) is 19.4. The van der Waals surface area contributed by atoms with Gasteiger partial charge in [0.2, 0.25) is 0 Å². The van der Waals surface area contributed by atoms with Crippen LogP contribution in [0, 0.1) is 0 Å². The van der Waals surface area contributed by atoms with Crippen LogP contribution in [-0.4, -0.2) is 29.0 Å². The molecule has 1 aliphatic heterocycles. The quantitative estimate of drug-likeness (QED) is 0.695. The van der Waals surface area contributed by atoms with Crippen molar-refractivity contribution in [2.45, 2.75) is 39.0 Å². The maximum atomic E-state index is 12.4. The van der Waals surface area contributed by atoms with Crippen molar-refractivity contribution in [3.63, 3.8) is 0 Å². The topological polar surface area (TPSA) is 44.4 Å². The Kier molecular flexibility index (Phi) is 6.45. The van der Waals surface area contributed by atoms with E-state index in [1.54, 1.807) is 0 Å². The second-order valence-corrected chi connectivity index (χ2v) is 7.50. The highest BCUT2D eigenvalue weighted by Gasteiger charge is 2.19. The Morgan fingerprint density at radius 3 is 2.04 bits per heavy atom. The fourth-order valence-corrected chi connectivity index (χ4v) is 3.46. The summed E-state index contributed by atoms with van der Waals surface area (Å²) in [6, 6.07) is 15.9. The number of nitrogens with one attached hydrogen (secondary N) is 2. The lowest BCUT2D eigenvalue weighted by atomic mass is 9.99. The van der Waals surface area contributed by atoms with E-state index >= 15 is 0 Å². The highest BCUT2D eigenvalue weighted by Crippen LogP contribution is 2.21. The third-order valence-electron chi connectivity index (χ3n) is 5.13. The summed E-state index contributed by atoms with van der Waals surface area (Å²) in [6.45, 7) is 6.15. The molecule has 1 saturated heterocycles. The van der Waals surface area contributed by atoms with E-state index in [0.29, 0.717) is 11.0 Å². The predicted molar refractivity (Wildman–Crippen MR) is 117 cm³/mol. The van der Waals surface area contributed by atoms with Gasteiger partial charge in [0, 0.05) is 30.0 Å². The highest BCUT2D eigenvalue weighted by atomic mass is 32.1. The molecular formula is C22H27N3OS. The molecular weight excluding hydrogens is 354 g/mol. The van der Waals surface area contributed by atoms with E-state index in [1.807, 2.05) is 41.3 Å². The van der Waals surface area contributed by atoms with Gasteiger partial charge in [0.25, 0.3) is 5.91 Å². The van der Waals surface area contributed by atoms with Crippen LogP contribution in [0.15, 0.2) is 48.5 Å². The van der Waals surface area contributed by atoms with Crippen molar-refractivity contribution >= 4 is 34.6 Å². The molecule has 27 heavy (non-hydrogen) atoms. The fraction of sp³-hybridized carbons (Fsp3) is 0.364. The van der Waals surface area contributed by atoms with Gasteiger partial charge in [0.15, 0.2) is 5.11 Å². The standard InChI is InChI=1S/C22H27N3OS/c1-3-16(2)17-6-10-19(11-7-17)23-22(27)24-20-12-8-18(9-13-20)21(26)25-14-4-5-15-25/h6-13,16H,3-5,14-15H2,1-2H3,(H2,23,24,27). The predicted octanol–water partition coefficient (Wildman–Crippen LogP) is 5.25. The zero-order valence-electron chi connectivity index (χ0n) is 16.0. The monoisotopic (exact) mass is 381 g/mol. The smallest absolute Gasteiger partial charge is 0.253 e. The molecule has 1 heterocycles. The summed E-state index contributed by atoms with van der Waals surface area (Å²) < 4.78 is 0. The number of rotatable bonds is 5. The molecule has 0 spiro atoms. The van der Waals surface area contributed by atoms with E-state index in [1.165, 1.54) is 5.56 Å². The second kappa shape index (κ2) is 9.00. The molecule has 0 aromatic heterocycles. The summed E-state index contributed by atoms with van der Waals surface area (Å²) in [5, 5.41) is 6.90. The Hall–Kier alpha value is -2.40. The molecule has 3 rings (SSSR count). The molecule has 0 aliphatic carbocycles. The lowest BCUT2D eigenvalue weighted by molar-refractivity contribution is 0.0793. The fourth-order valence-electron chi connectivity index (χ4n) is 3.22. The number of nitrogens with zero attached hydrogens (tertiary/aromatic N) is 1. The highest BCUT2D eigenvalue weighted by molar-refractivity contribution is 7.80. The van der Waals surface area contributed by atoms with E-state index in [-0.39, 0.29) is 5.91 Å². The van der Waals surface area contributed by atoms with E-state index in [2.05, 4.69) is 36.6 Å². The van der Waals surface area contributed by atoms with Gasteiger partial charge in [-0.05, 0) is 79.4 Å². The van der Waals surface area contributed by atoms with Crippen LogP contribution in [0.1, 0.15) is 54.9 Å². The maximum Gasteiger partial charge on any atom is 0.253 e. The SMILES string of the molecule is CCC(C)c1ccc(NC(=S)Nc2ccc(C(=O)N3CCCC3)cc2)cc1. The minimum absolute atomic E-state index is 0.112. The van der Waals surface area contributed by atoms with Gasteiger partial charge in [0.1, 0.15) is 0 Å². The molecule has 142 valence electrons. The average Bonchev–Trinajstić information content (AvgIpc) is 3.23. The van der Waals surface area contributed by atoms with Crippen LogP contribution in [0.25, 0.3) is 0 Å². The van der Waals surface area contributed by atoms with Crippen molar-refractivity contribution in [2.24, 2.45) is 0 Å². The van der Waals surface area contributed by atoms with Crippen LogP contribution in [0.4, 0.5) is 11.4 Å². The van der Waals surface area contributed by atoms with Crippen LogP contribution in [0.2, 0.25) is 0 Å². The number of benzene rings is 2. The molecule has 1 unspecified atom stereocenters. The van der Waals surface area contributed by atoms with Crippen molar-refractivity contribution in [2.75, 3.05) is 23.7 Å². The number of anilines is 2. The van der Waals surface area contributed by atoms with Crippen molar-refractivity contribution in [1.29, 1.82) is 0 Å². The first-order chi connectivity index (χ1) is 13.1. The van der Waals surface area contributed by atoms with Crippen LogP contribution in [0.5, 0.6) is 0 Å². The third-order valence-corrected chi connectivity index (χ3v) is 5.34. The number of carbonyl (C=O) groups excluding carboxylic acids is 1. The second-order valence-electron chi connectivity index (χ2n) is 7.09. The molecule has 0 saturated carbocycles. The van der Waals surface area contributed by atoms with Gasteiger partial charge in [-0.1, -0.05) is 26.0 Å².